The van der Waals surface area contributed by atoms with E-state index in [-0.39, 0.29) is 24.5 Å². The molecule has 0 aliphatic heterocycles. The molecular weight excluding hydrogens is 572 g/mol. The van der Waals surface area contributed by atoms with Gasteiger partial charge in [0, 0.05) is 12.3 Å². The first-order chi connectivity index (χ1) is 20.1. The summed E-state index contributed by atoms with van der Waals surface area (Å²) in [4.78, 5) is 24.7. The number of alkyl carbamates (subject to hydrolysis) is 1. The largest absolute Gasteiger partial charge is 0.480 e. The predicted molar refractivity (Wildman–Crippen MR) is 163 cm³/mol. The first-order valence-electron chi connectivity index (χ1n) is 14.1. The number of carbonyl (C=O) groups excluding carboxylic acids is 1. The number of alkyl halides is 1. The van der Waals surface area contributed by atoms with Crippen LogP contribution in [0.2, 0.25) is 0 Å². The normalized spacial score (nSPS) is 14.9. The van der Waals surface area contributed by atoms with Gasteiger partial charge in [-0.15, -0.1) is 0 Å². The minimum atomic E-state index is -4.24. The van der Waals surface area contributed by atoms with Crippen molar-refractivity contribution in [3.8, 4) is 11.1 Å². The van der Waals surface area contributed by atoms with Gasteiger partial charge in [-0.25, -0.2) is 14.0 Å². The van der Waals surface area contributed by atoms with Gasteiger partial charge in [0.15, 0.2) is 0 Å². The molecule has 0 heterocycles. The van der Waals surface area contributed by atoms with E-state index in [1.54, 1.807) is 41.5 Å². The molecule has 0 radical (unpaired) electrons. The van der Waals surface area contributed by atoms with Gasteiger partial charge in [0.05, 0.1) is 11.2 Å². The Kier molecular flexibility index (Phi) is 9.50. The van der Waals surface area contributed by atoms with E-state index in [9.17, 15) is 19.3 Å². The molecule has 1 aliphatic rings. The zero-order valence-corrected chi connectivity index (χ0v) is 26.2. The van der Waals surface area contributed by atoms with Crippen molar-refractivity contribution in [1.29, 1.82) is 0 Å². The number of aliphatic carboxylic acids is 1. The standard InChI is InChI=1S/C33H39FNO7P/c1-32(2,3)41-43(39,42-33(4,5)6)29(34)22-17-15-21(16-18-22)19-28(30(36)37)35-31(38)40-20-27-25-13-9-7-11-23(25)24-12-8-10-14-26(24)27/h7-18,27-29H,19-20H2,1-6H3,(H,35,38)(H,36,37). The summed E-state index contributed by atoms with van der Waals surface area (Å²) < 4.78 is 45.9. The summed E-state index contributed by atoms with van der Waals surface area (Å²) in [6.07, 6.45) is -0.930. The fourth-order valence-electron chi connectivity index (χ4n) is 5.09. The van der Waals surface area contributed by atoms with Crippen molar-refractivity contribution in [2.24, 2.45) is 0 Å². The summed E-state index contributed by atoms with van der Waals surface area (Å²) in [7, 11) is -4.24. The molecule has 0 spiro atoms. The maximum absolute atomic E-state index is 15.7. The third kappa shape index (κ3) is 8.11. The van der Waals surface area contributed by atoms with E-state index in [1.807, 2.05) is 48.5 Å². The number of nitrogens with one attached hydrogen (secondary N) is 1. The second kappa shape index (κ2) is 12.6. The maximum atomic E-state index is 15.7. The average molecular weight is 612 g/mol. The first kappa shape index (κ1) is 32.4. The second-order valence-electron chi connectivity index (χ2n) is 12.6. The molecule has 0 saturated carbocycles. The van der Waals surface area contributed by atoms with E-state index in [0.29, 0.717) is 5.56 Å². The predicted octanol–water partition coefficient (Wildman–Crippen LogP) is 8.01. The minimum absolute atomic E-state index is 0.0477. The van der Waals surface area contributed by atoms with Gasteiger partial charge in [0.2, 0.25) is 5.91 Å². The first-order valence-corrected chi connectivity index (χ1v) is 15.8. The highest BCUT2D eigenvalue weighted by Crippen LogP contribution is 2.65. The van der Waals surface area contributed by atoms with Crippen LogP contribution in [0.1, 0.15) is 75.6 Å². The number of amides is 1. The summed E-state index contributed by atoms with van der Waals surface area (Å²) in [5.74, 6) is -3.47. The summed E-state index contributed by atoms with van der Waals surface area (Å²) in [6.45, 7) is 10.0. The van der Waals surface area contributed by atoms with E-state index in [0.717, 1.165) is 22.3 Å². The molecule has 4 rings (SSSR count). The highest BCUT2D eigenvalue weighted by molar-refractivity contribution is 7.54. The molecule has 2 unspecified atom stereocenters. The summed E-state index contributed by atoms with van der Waals surface area (Å²) in [5, 5.41) is 12.2. The molecule has 3 aromatic carbocycles. The number of fused-ring (bicyclic) bond motifs is 3. The molecule has 0 saturated heterocycles. The number of ether oxygens (including phenoxy) is 1. The molecule has 0 aromatic heterocycles. The van der Waals surface area contributed by atoms with E-state index in [1.165, 1.54) is 24.3 Å². The van der Waals surface area contributed by atoms with Gasteiger partial charge >= 0.3 is 19.7 Å². The average Bonchev–Trinajstić information content (AvgIpc) is 3.23. The third-order valence-electron chi connectivity index (χ3n) is 6.71. The van der Waals surface area contributed by atoms with Crippen LogP contribution in [0.4, 0.5) is 9.18 Å². The van der Waals surface area contributed by atoms with Gasteiger partial charge in [0.25, 0.3) is 0 Å². The molecule has 0 bridgehead atoms. The zero-order valence-electron chi connectivity index (χ0n) is 25.3. The van der Waals surface area contributed by atoms with Crippen LogP contribution < -0.4 is 5.32 Å². The number of carboxylic acid groups (broad SMARTS) is 1. The lowest BCUT2D eigenvalue weighted by Crippen LogP contribution is -2.42. The summed E-state index contributed by atoms with van der Waals surface area (Å²) >= 11 is 0. The smallest absolute Gasteiger partial charge is 0.407 e. The number of carboxylic acids is 1. The van der Waals surface area contributed by atoms with Crippen molar-refractivity contribution in [1.82, 2.24) is 5.32 Å². The molecule has 10 heteroatoms. The van der Waals surface area contributed by atoms with Crippen LogP contribution >= 0.6 is 7.60 Å². The van der Waals surface area contributed by atoms with Crippen LogP contribution in [0.5, 0.6) is 0 Å². The van der Waals surface area contributed by atoms with E-state index in [4.69, 9.17) is 13.8 Å². The molecule has 8 nitrogen and oxygen atoms in total. The Morgan fingerprint density at radius 3 is 1.81 bits per heavy atom. The van der Waals surface area contributed by atoms with E-state index in [2.05, 4.69) is 5.32 Å². The van der Waals surface area contributed by atoms with Gasteiger partial charge in [-0.05, 0) is 74.9 Å². The van der Waals surface area contributed by atoms with E-state index >= 15 is 4.39 Å². The van der Waals surface area contributed by atoms with Crippen LogP contribution in [0, 0.1) is 0 Å². The Hall–Kier alpha value is -3.52. The van der Waals surface area contributed by atoms with Crippen molar-refractivity contribution >= 4 is 19.7 Å². The SMILES string of the molecule is CC(C)(C)OP(=O)(OC(C)(C)C)C(F)c1ccc(CC(NC(=O)OCC2c3ccccc3-c3ccccc32)C(=O)O)cc1. The highest BCUT2D eigenvalue weighted by atomic mass is 31.2. The number of rotatable bonds is 10. The van der Waals surface area contributed by atoms with Crippen molar-refractivity contribution in [2.45, 2.75) is 77.0 Å². The van der Waals surface area contributed by atoms with Crippen LogP contribution in [0.25, 0.3) is 11.1 Å². The molecule has 2 N–H and O–H groups in total. The molecule has 2 atom stereocenters. The van der Waals surface area contributed by atoms with Crippen molar-refractivity contribution in [2.75, 3.05) is 6.61 Å². The molecular formula is C33H39FNO7P. The van der Waals surface area contributed by atoms with Crippen LogP contribution in [0.15, 0.2) is 72.8 Å². The lowest BCUT2D eigenvalue weighted by molar-refractivity contribution is -0.139. The second-order valence-corrected chi connectivity index (χ2v) is 14.5. The molecule has 43 heavy (non-hydrogen) atoms. The van der Waals surface area contributed by atoms with Crippen LogP contribution in [-0.2, 0) is 29.6 Å². The van der Waals surface area contributed by atoms with Crippen molar-refractivity contribution < 1.29 is 37.4 Å². The molecule has 0 fully saturated rings. The van der Waals surface area contributed by atoms with Crippen LogP contribution in [-0.4, -0.2) is 41.0 Å². The summed E-state index contributed by atoms with van der Waals surface area (Å²) in [6, 6.07) is 20.4. The van der Waals surface area contributed by atoms with Gasteiger partial charge < -0.3 is 24.2 Å². The highest BCUT2D eigenvalue weighted by Gasteiger charge is 2.44. The number of benzene rings is 3. The lowest BCUT2D eigenvalue weighted by atomic mass is 9.98. The molecule has 230 valence electrons. The van der Waals surface area contributed by atoms with Crippen molar-refractivity contribution in [3.63, 3.8) is 0 Å². The number of halogens is 1. The van der Waals surface area contributed by atoms with E-state index < -0.39 is 42.8 Å². The Balaban J connectivity index is 1.41. The third-order valence-corrected chi connectivity index (χ3v) is 9.17. The lowest BCUT2D eigenvalue weighted by Gasteiger charge is -2.33. The quantitative estimate of drug-likeness (QED) is 0.223. The number of hydrogen-bond donors (Lipinski definition) is 2. The Morgan fingerprint density at radius 2 is 1.35 bits per heavy atom. The van der Waals surface area contributed by atoms with Gasteiger partial charge in [-0.2, -0.15) is 0 Å². The van der Waals surface area contributed by atoms with Crippen molar-refractivity contribution in [3.05, 3.63) is 95.1 Å². The fraction of sp³-hybridized carbons (Fsp3) is 0.394. The molecule has 3 aromatic rings. The van der Waals surface area contributed by atoms with Gasteiger partial charge in [-0.1, -0.05) is 72.8 Å². The minimum Gasteiger partial charge on any atom is -0.480 e. The topological polar surface area (TPSA) is 111 Å². The number of hydrogen-bond acceptors (Lipinski definition) is 6. The Morgan fingerprint density at radius 1 is 0.860 bits per heavy atom. The Bertz CT molecular complexity index is 1450. The fourth-order valence-corrected chi connectivity index (χ4v) is 7.37. The maximum Gasteiger partial charge on any atom is 0.407 e. The monoisotopic (exact) mass is 611 g/mol. The molecule has 1 amide bonds. The van der Waals surface area contributed by atoms with Crippen LogP contribution in [0.3, 0.4) is 0 Å². The summed E-state index contributed by atoms with van der Waals surface area (Å²) in [5.41, 5.74) is 2.99. The van der Waals surface area contributed by atoms with Gasteiger partial charge in [0.1, 0.15) is 12.6 Å². The number of carbonyl (C=O) groups is 2. The molecule has 1 aliphatic carbocycles. The zero-order chi connectivity index (χ0) is 31.6. The Labute approximate surface area is 252 Å². The van der Waals surface area contributed by atoms with Gasteiger partial charge in [-0.3, -0.25) is 4.57 Å².